The van der Waals surface area contributed by atoms with Crippen molar-refractivity contribution < 1.29 is 14.2 Å². The molecule has 0 heterocycles. The SMILES string of the molecule is COc1ccc(C2(C#Cc3ccccc3)CCC2OC)cc1OC1CCCC1. The lowest BCUT2D eigenvalue weighted by molar-refractivity contribution is -0.0136. The van der Waals surface area contributed by atoms with E-state index in [0.29, 0.717) is 0 Å². The molecule has 3 heteroatoms. The minimum absolute atomic E-state index is 0.0939. The van der Waals surface area contributed by atoms with Crippen LogP contribution in [-0.4, -0.2) is 26.4 Å². The van der Waals surface area contributed by atoms with E-state index in [9.17, 15) is 0 Å². The maximum atomic E-state index is 6.32. The van der Waals surface area contributed by atoms with Gasteiger partial charge in [0, 0.05) is 12.7 Å². The zero-order valence-electron chi connectivity index (χ0n) is 16.7. The average molecular weight is 376 g/mol. The van der Waals surface area contributed by atoms with Crippen LogP contribution in [-0.2, 0) is 10.2 Å². The van der Waals surface area contributed by atoms with Gasteiger partial charge in [-0.25, -0.2) is 0 Å². The van der Waals surface area contributed by atoms with E-state index in [2.05, 4.69) is 24.0 Å². The van der Waals surface area contributed by atoms with E-state index in [4.69, 9.17) is 14.2 Å². The lowest BCUT2D eigenvalue weighted by Gasteiger charge is -2.45. The van der Waals surface area contributed by atoms with Crippen LogP contribution in [0.1, 0.15) is 49.7 Å². The molecule has 0 radical (unpaired) electrons. The van der Waals surface area contributed by atoms with Gasteiger partial charge in [0.1, 0.15) is 0 Å². The fraction of sp³-hybridized carbons (Fsp3) is 0.440. The summed E-state index contributed by atoms with van der Waals surface area (Å²) in [6, 6.07) is 16.4. The monoisotopic (exact) mass is 376 g/mol. The number of hydrogen-bond donors (Lipinski definition) is 0. The predicted octanol–water partition coefficient (Wildman–Crippen LogP) is 5.11. The van der Waals surface area contributed by atoms with Crippen molar-refractivity contribution in [2.75, 3.05) is 14.2 Å². The fourth-order valence-corrected chi connectivity index (χ4v) is 4.35. The van der Waals surface area contributed by atoms with Crippen molar-refractivity contribution in [1.82, 2.24) is 0 Å². The van der Waals surface area contributed by atoms with Crippen LogP contribution in [0.4, 0.5) is 0 Å². The third kappa shape index (κ3) is 3.62. The van der Waals surface area contributed by atoms with Crippen molar-refractivity contribution in [3.05, 3.63) is 59.7 Å². The molecule has 2 aromatic rings. The molecule has 2 atom stereocenters. The summed E-state index contributed by atoms with van der Waals surface area (Å²) in [5, 5.41) is 0. The highest BCUT2D eigenvalue weighted by molar-refractivity contribution is 5.51. The summed E-state index contributed by atoms with van der Waals surface area (Å²) in [5.41, 5.74) is 1.88. The molecular formula is C25H28O3. The van der Waals surface area contributed by atoms with Gasteiger partial charge in [0.05, 0.1) is 24.7 Å². The molecule has 0 bridgehead atoms. The zero-order chi connectivity index (χ0) is 19.4. The summed E-state index contributed by atoms with van der Waals surface area (Å²) in [5.74, 6) is 8.54. The summed E-state index contributed by atoms with van der Waals surface area (Å²) in [7, 11) is 3.48. The largest absolute Gasteiger partial charge is 0.493 e. The quantitative estimate of drug-likeness (QED) is 0.678. The Balaban J connectivity index is 1.69. The van der Waals surface area contributed by atoms with Crippen molar-refractivity contribution in [3.8, 4) is 23.3 Å². The molecule has 2 unspecified atom stereocenters. The highest BCUT2D eigenvalue weighted by Crippen LogP contribution is 2.47. The summed E-state index contributed by atoms with van der Waals surface area (Å²) in [4.78, 5) is 0. The molecule has 0 saturated heterocycles. The van der Waals surface area contributed by atoms with Crippen LogP contribution in [0, 0.1) is 11.8 Å². The molecule has 2 aliphatic carbocycles. The van der Waals surface area contributed by atoms with E-state index in [0.717, 1.165) is 48.3 Å². The van der Waals surface area contributed by atoms with Crippen molar-refractivity contribution in [1.29, 1.82) is 0 Å². The Hall–Kier alpha value is -2.44. The zero-order valence-corrected chi connectivity index (χ0v) is 16.7. The lowest BCUT2D eigenvalue weighted by Crippen LogP contribution is -2.49. The first-order chi connectivity index (χ1) is 13.7. The third-order valence-electron chi connectivity index (χ3n) is 6.11. The minimum atomic E-state index is -0.301. The summed E-state index contributed by atoms with van der Waals surface area (Å²) >= 11 is 0. The normalized spacial score (nSPS) is 24.1. The Morgan fingerprint density at radius 3 is 2.36 bits per heavy atom. The number of ether oxygens (including phenoxy) is 3. The van der Waals surface area contributed by atoms with Crippen LogP contribution >= 0.6 is 0 Å². The molecule has 0 amide bonds. The van der Waals surface area contributed by atoms with Crippen LogP contribution in [0.2, 0.25) is 0 Å². The van der Waals surface area contributed by atoms with Gasteiger partial charge < -0.3 is 14.2 Å². The summed E-state index contributed by atoms with van der Waals surface area (Å²) in [6.45, 7) is 0. The van der Waals surface area contributed by atoms with Crippen LogP contribution < -0.4 is 9.47 Å². The first-order valence-corrected chi connectivity index (χ1v) is 10.2. The van der Waals surface area contributed by atoms with Gasteiger partial charge in [-0.1, -0.05) is 36.1 Å². The molecule has 146 valence electrons. The first-order valence-electron chi connectivity index (χ1n) is 10.2. The second-order valence-corrected chi connectivity index (χ2v) is 7.74. The van der Waals surface area contributed by atoms with Crippen LogP contribution in [0.15, 0.2) is 48.5 Å². The molecular weight excluding hydrogens is 348 g/mol. The van der Waals surface area contributed by atoms with Crippen molar-refractivity contribution >= 4 is 0 Å². The number of methoxy groups -OCH3 is 2. The smallest absolute Gasteiger partial charge is 0.161 e. The molecule has 0 aromatic heterocycles. The number of hydrogen-bond acceptors (Lipinski definition) is 3. The van der Waals surface area contributed by atoms with Crippen LogP contribution in [0.3, 0.4) is 0 Å². The Kier molecular flexibility index (Phi) is 5.59. The van der Waals surface area contributed by atoms with Gasteiger partial charge >= 0.3 is 0 Å². The Bertz CT molecular complexity index is 856. The van der Waals surface area contributed by atoms with Gasteiger partial charge in [-0.05, 0) is 68.4 Å². The molecule has 3 nitrogen and oxygen atoms in total. The number of benzene rings is 2. The second kappa shape index (κ2) is 8.29. The molecule has 2 saturated carbocycles. The summed E-state index contributed by atoms with van der Waals surface area (Å²) < 4.78 is 17.7. The molecule has 0 N–H and O–H groups in total. The molecule has 0 aliphatic heterocycles. The second-order valence-electron chi connectivity index (χ2n) is 7.74. The Labute approximate surface area is 168 Å². The topological polar surface area (TPSA) is 27.7 Å². The van der Waals surface area contributed by atoms with Gasteiger partial charge in [0.25, 0.3) is 0 Å². The highest BCUT2D eigenvalue weighted by atomic mass is 16.5. The minimum Gasteiger partial charge on any atom is -0.493 e. The average Bonchev–Trinajstić information content (AvgIpc) is 3.22. The lowest BCUT2D eigenvalue weighted by atomic mass is 9.62. The van der Waals surface area contributed by atoms with E-state index in [-0.39, 0.29) is 17.6 Å². The van der Waals surface area contributed by atoms with Gasteiger partial charge in [-0.2, -0.15) is 0 Å². The first kappa shape index (κ1) is 18.9. The number of rotatable bonds is 5. The molecule has 2 fully saturated rings. The summed E-state index contributed by atoms with van der Waals surface area (Å²) in [6.07, 6.45) is 7.10. The molecule has 2 aromatic carbocycles. The van der Waals surface area contributed by atoms with Crippen molar-refractivity contribution in [2.24, 2.45) is 0 Å². The maximum absolute atomic E-state index is 6.32. The van der Waals surface area contributed by atoms with E-state index in [1.54, 1.807) is 14.2 Å². The van der Waals surface area contributed by atoms with Crippen LogP contribution in [0.25, 0.3) is 0 Å². The Morgan fingerprint density at radius 2 is 1.71 bits per heavy atom. The van der Waals surface area contributed by atoms with E-state index < -0.39 is 0 Å². The van der Waals surface area contributed by atoms with Gasteiger partial charge in [-0.3, -0.25) is 0 Å². The van der Waals surface area contributed by atoms with E-state index >= 15 is 0 Å². The van der Waals surface area contributed by atoms with E-state index in [1.165, 1.54) is 12.8 Å². The van der Waals surface area contributed by atoms with Crippen LogP contribution in [0.5, 0.6) is 11.5 Å². The fourth-order valence-electron chi connectivity index (χ4n) is 4.35. The predicted molar refractivity (Wildman–Crippen MR) is 111 cm³/mol. The van der Waals surface area contributed by atoms with Gasteiger partial charge in [0.2, 0.25) is 0 Å². The molecule has 28 heavy (non-hydrogen) atoms. The molecule has 2 aliphatic rings. The Morgan fingerprint density at radius 1 is 0.929 bits per heavy atom. The maximum Gasteiger partial charge on any atom is 0.161 e. The van der Waals surface area contributed by atoms with Crippen molar-refractivity contribution in [3.63, 3.8) is 0 Å². The van der Waals surface area contributed by atoms with Crippen molar-refractivity contribution in [2.45, 2.75) is 56.1 Å². The molecule has 0 spiro atoms. The van der Waals surface area contributed by atoms with Gasteiger partial charge in [-0.15, -0.1) is 0 Å². The molecule has 4 rings (SSSR count). The highest BCUT2D eigenvalue weighted by Gasteiger charge is 2.48. The standard InChI is InChI=1S/C25H28O3/c1-26-22-13-12-20(18-23(22)28-21-10-6-7-11-21)25(17-15-24(25)27-2)16-14-19-8-4-3-5-9-19/h3-5,8-9,12-13,18,21,24H,6-7,10-11,15,17H2,1-2H3. The third-order valence-corrected chi connectivity index (χ3v) is 6.11. The van der Waals surface area contributed by atoms with E-state index in [1.807, 2.05) is 36.4 Å². The van der Waals surface area contributed by atoms with Gasteiger partial charge in [0.15, 0.2) is 11.5 Å².